The molecular formula is C33H22. The summed E-state index contributed by atoms with van der Waals surface area (Å²) in [5.74, 6) is 0.292. The molecule has 1 unspecified atom stereocenters. The second-order valence-electron chi connectivity index (χ2n) is 8.98. The first kappa shape index (κ1) is 18.4. The lowest BCUT2D eigenvalue weighted by molar-refractivity contribution is 1.05. The number of benzene rings is 6. The SMILES string of the molecule is C1=CC(c2ccc3ccccc3c2)c2cccc(-c3cccc4cc5ccccc5cc34)c21. The smallest absolute Gasteiger partial charge is 0.0279 e. The van der Waals surface area contributed by atoms with Gasteiger partial charge in [0.15, 0.2) is 0 Å². The number of hydrogen-bond donors (Lipinski definition) is 0. The van der Waals surface area contributed by atoms with Crippen LogP contribution in [0.2, 0.25) is 0 Å². The largest absolute Gasteiger partial charge is 0.0720 e. The lowest BCUT2D eigenvalue weighted by Crippen LogP contribution is -1.97. The Morgan fingerprint density at radius 3 is 1.97 bits per heavy atom. The fourth-order valence-electron chi connectivity index (χ4n) is 5.46. The highest BCUT2D eigenvalue weighted by molar-refractivity contribution is 6.06. The van der Waals surface area contributed by atoms with Crippen LogP contribution in [0.1, 0.15) is 22.6 Å². The summed E-state index contributed by atoms with van der Waals surface area (Å²) < 4.78 is 0. The molecule has 33 heavy (non-hydrogen) atoms. The maximum Gasteiger partial charge on any atom is 0.0279 e. The van der Waals surface area contributed by atoms with Gasteiger partial charge < -0.3 is 0 Å². The molecule has 0 fully saturated rings. The molecule has 0 saturated heterocycles. The van der Waals surface area contributed by atoms with Gasteiger partial charge in [0.1, 0.15) is 0 Å². The Morgan fingerprint density at radius 2 is 1.12 bits per heavy atom. The van der Waals surface area contributed by atoms with Crippen LogP contribution in [0, 0.1) is 0 Å². The second-order valence-corrected chi connectivity index (χ2v) is 8.98. The predicted molar refractivity (Wildman–Crippen MR) is 142 cm³/mol. The van der Waals surface area contributed by atoms with E-state index >= 15 is 0 Å². The zero-order chi connectivity index (χ0) is 21.8. The van der Waals surface area contributed by atoms with Gasteiger partial charge in [-0.15, -0.1) is 0 Å². The molecule has 1 atom stereocenters. The summed E-state index contributed by atoms with van der Waals surface area (Å²) in [5.41, 5.74) is 6.70. The molecule has 0 radical (unpaired) electrons. The fourth-order valence-corrected chi connectivity index (χ4v) is 5.46. The Hall–Kier alpha value is -4.16. The number of rotatable bonds is 2. The Kier molecular flexibility index (Phi) is 4.01. The Morgan fingerprint density at radius 1 is 0.455 bits per heavy atom. The zero-order valence-electron chi connectivity index (χ0n) is 18.2. The molecule has 154 valence electrons. The van der Waals surface area contributed by atoms with Gasteiger partial charge in [-0.05, 0) is 72.3 Å². The van der Waals surface area contributed by atoms with Crippen molar-refractivity contribution in [1.29, 1.82) is 0 Å². The van der Waals surface area contributed by atoms with Crippen LogP contribution in [0.15, 0.2) is 121 Å². The van der Waals surface area contributed by atoms with E-state index in [4.69, 9.17) is 0 Å². The van der Waals surface area contributed by atoms with Gasteiger partial charge in [0, 0.05) is 5.92 Å². The van der Waals surface area contributed by atoms with Crippen molar-refractivity contribution >= 4 is 38.4 Å². The summed E-state index contributed by atoms with van der Waals surface area (Å²) in [6, 6.07) is 42.2. The van der Waals surface area contributed by atoms with E-state index in [0.717, 1.165) is 0 Å². The molecule has 6 aromatic carbocycles. The number of allylic oxidation sites excluding steroid dienone is 1. The van der Waals surface area contributed by atoms with Crippen LogP contribution < -0.4 is 0 Å². The van der Waals surface area contributed by atoms with Crippen LogP contribution in [0.5, 0.6) is 0 Å². The van der Waals surface area contributed by atoms with E-state index in [1.54, 1.807) is 0 Å². The maximum absolute atomic E-state index is 2.36. The molecule has 6 aromatic rings. The number of fused-ring (bicyclic) bond motifs is 4. The summed E-state index contributed by atoms with van der Waals surface area (Å²) in [6.07, 6.45) is 4.68. The van der Waals surface area contributed by atoms with Gasteiger partial charge in [-0.1, -0.05) is 115 Å². The van der Waals surface area contributed by atoms with Crippen molar-refractivity contribution in [1.82, 2.24) is 0 Å². The molecule has 0 spiro atoms. The van der Waals surface area contributed by atoms with Crippen LogP contribution in [0.4, 0.5) is 0 Å². The summed E-state index contributed by atoms with van der Waals surface area (Å²) in [7, 11) is 0. The molecule has 0 saturated carbocycles. The topological polar surface area (TPSA) is 0 Å². The van der Waals surface area contributed by atoms with Gasteiger partial charge in [0.2, 0.25) is 0 Å². The van der Waals surface area contributed by atoms with Gasteiger partial charge in [0.05, 0.1) is 0 Å². The highest BCUT2D eigenvalue weighted by Gasteiger charge is 2.22. The van der Waals surface area contributed by atoms with Crippen LogP contribution in [0.25, 0.3) is 49.5 Å². The van der Waals surface area contributed by atoms with E-state index in [9.17, 15) is 0 Å². The molecule has 0 N–H and O–H groups in total. The van der Waals surface area contributed by atoms with Gasteiger partial charge in [-0.2, -0.15) is 0 Å². The third-order valence-corrected chi connectivity index (χ3v) is 7.10. The minimum atomic E-state index is 0.292. The Balaban J connectivity index is 1.40. The molecule has 0 bridgehead atoms. The second kappa shape index (κ2) is 7.18. The average molecular weight is 419 g/mol. The lowest BCUT2D eigenvalue weighted by atomic mass is 9.87. The number of hydrogen-bond acceptors (Lipinski definition) is 0. The third-order valence-electron chi connectivity index (χ3n) is 7.10. The van der Waals surface area contributed by atoms with E-state index in [2.05, 4.69) is 127 Å². The molecule has 0 heterocycles. The standard InChI is InChI=1S/C33H22/c1-2-8-23-19-27(16-15-22(23)7-1)28-17-18-32-29(28)13-6-14-30(32)31-12-5-11-26-20-24-9-3-4-10-25(24)21-33(26)31/h1-21,28H. The van der Waals surface area contributed by atoms with Gasteiger partial charge in [-0.3, -0.25) is 0 Å². The van der Waals surface area contributed by atoms with Crippen LogP contribution in [-0.4, -0.2) is 0 Å². The maximum atomic E-state index is 2.36. The summed E-state index contributed by atoms with van der Waals surface area (Å²) in [5, 5.41) is 7.77. The Labute approximate surface area is 193 Å². The zero-order valence-corrected chi connectivity index (χ0v) is 18.2. The van der Waals surface area contributed by atoms with Crippen molar-refractivity contribution in [3.05, 3.63) is 138 Å². The van der Waals surface area contributed by atoms with Gasteiger partial charge in [0.25, 0.3) is 0 Å². The summed E-state index contributed by atoms with van der Waals surface area (Å²) in [4.78, 5) is 0. The monoisotopic (exact) mass is 418 g/mol. The molecule has 0 amide bonds. The average Bonchev–Trinajstić information content (AvgIpc) is 3.31. The highest BCUT2D eigenvalue weighted by atomic mass is 14.3. The van der Waals surface area contributed by atoms with Gasteiger partial charge in [-0.25, -0.2) is 0 Å². The minimum Gasteiger partial charge on any atom is -0.0720 e. The van der Waals surface area contributed by atoms with E-state index < -0.39 is 0 Å². The van der Waals surface area contributed by atoms with Crippen molar-refractivity contribution in [2.45, 2.75) is 5.92 Å². The van der Waals surface area contributed by atoms with E-state index in [1.807, 2.05) is 0 Å². The van der Waals surface area contributed by atoms with Crippen molar-refractivity contribution in [3.63, 3.8) is 0 Å². The summed E-state index contributed by atoms with van der Waals surface area (Å²) in [6.45, 7) is 0. The van der Waals surface area contributed by atoms with Crippen LogP contribution in [0.3, 0.4) is 0 Å². The van der Waals surface area contributed by atoms with Crippen molar-refractivity contribution < 1.29 is 0 Å². The van der Waals surface area contributed by atoms with Crippen molar-refractivity contribution in [2.24, 2.45) is 0 Å². The predicted octanol–water partition coefficient (Wildman–Crippen LogP) is 8.97. The first-order valence-electron chi connectivity index (χ1n) is 11.6. The Bertz CT molecular complexity index is 1720. The quantitative estimate of drug-likeness (QED) is 0.246. The van der Waals surface area contributed by atoms with Crippen molar-refractivity contribution in [3.8, 4) is 11.1 Å². The third kappa shape index (κ3) is 2.92. The minimum absolute atomic E-state index is 0.292. The van der Waals surface area contributed by atoms with E-state index in [-0.39, 0.29) is 0 Å². The van der Waals surface area contributed by atoms with Crippen LogP contribution >= 0.6 is 0 Å². The molecule has 0 aromatic heterocycles. The molecular weight excluding hydrogens is 396 g/mol. The summed E-state index contributed by atoms with van der Waals surface area (Å²) >= 11 is 0. The normalized spacial score (nSPS) is 14.8. The molecule has 1 aliphatic rings. The first-order valence-corrected chi connectivity index (χ1v) is 11.6. The van der Waals surface area contributed by atoms with Crippen molar-refractivity contribution in [2.75, 3.05) is 0 Å². The first-order chi connectivity index (χ1) is 16.3. The van der Waals surface area contributed by atoms with Gasteiger partial charge >= 0.3 is 0 Å². The molecule has 7 rings (SSSR count). The van der Waals surface area contributed by atoms with E-state index in [0.29, 0.717) is 5.92 Å². The van der Waals surface area contributed by atoms with Crippen LogP contribution in [-0.2, 0) is 0 Å². The lowest BCUT2D eigenvalue weighted by Gasteiger charge is -2.16. The molecule has 0 heteroatoms. The highest BCUT2D eigenvalue weighted by Crippen LogP contribution is 2.42. The fraction of sp³-hybridized carbons (Fsp3) is 0.0303. The van der Waals surface area contributed by atoms with E-state index in [1.165, 1.54) is 60.1 Å². The molecule has 0 nitrogen and oxygen atoms in total. The molecule has 1 aliphatic carbocycles. The molecule has 0 aliphatic heterocycles.